The fraction of sp³-hybridized carbons (Fsp3) is 0.250. The minimum absolute atomic E-state index is 0.191. The quantitative estimate of drug-likeness (QED) is 0.887. The van der Waals surface area contributed by atoms with Crippen molar-refractivity contribution in [3.05, 3.63) is 70.2 Å². The first-order valence-corrected chi connectivity index (χ1v) is 6.82. The number of hydrogen-bond acceptors (Lipinski definition) is 1. The highest BCUT2D eigenvalue weighted by molar-refractivity contribution is 6.30. The average molecular weight is 296 g/mol. The summed E-state index contributed by atoms with van der Waals surface area (Å²) < 4.78 is 27.8. The lowest BCUT2D eigenvalue weighted by molar-refractivity contribution is 0.396. The minimum atomic E-state index is -0.961. The van der Waals surface area contributed by atoms with Crippen LogP contribution >= 0.6 is 11.6 Å². The number of halogens is 3. The lowest BCUT2D eigenvalue weighted by Crippen LogP contribution is -2.39. The molecule has 20 heavy (non-hydrogen) atoms. The van der Waals surface area contributed by atoms with Crippen LogP contribution in [0.1, 0.15) is 24.5 Å². The van der Waals surface area contributed by atoms with E-state index in [2.05, 4.69) is 0 Å². The van der Waals surface area contributed by atoms with Crippen LogP contribution in [-0.2, 0) is 12.0 Å². The van der Waals surface area contributed by atoms with Gasteiger partial charge in [-0.25, -0.2) is 8.78 Å². The topological polar surface area (TPSA) is 26.0 Å². The standard InChI is InChI=1S/C16H16ClF2N/c1-2-16(20,13-5-3-4-6-15(13)19)10-11-9-12(17)7-8-14(11)18/h3-9H,2,10,20H2,1H3. The van der Waals surface area contributed by atoms with Gasteiger partial charge in [-0.2, -0.15) is 0 Å². The van der Waals surface area contributed by atoms with Crippen LogP contribution in [0.15, 0.2) is 42.5 Å². The van der Waals surface area contributed by atoms with E-state index in [9.17, 15) is 8.78 Å². The summed E-state index contributed by atoms with van der Waals surface area (Å²) in [4.78, 5) is 0. The van der Waals surface area contributed by atoms with Crippen LogP contribution in [0.5, 0.6) is 0 Å². The van der Waals surface area contributed by atoms with Crippen LogP contribution in [0, 0.1) is 11.6 Å². The van der Waals surface area contributed by atoms with Crippen LogP contribution in [0.2, 0.25) is 5.02 Å². The molecular formula is C16H16ClF2N. The fourth-order valence-electron chi connectivity index (χ4n) is 2.29. The van der Waals surface area contributed by atoms with Crippen molar-refractivity contribution in [3.8, 4) is 0 Å². The zero-order valence-corrected chi connectivity index (χ0v) is 11.9. The van der Waals surface area contributed by atoms with Crippen molar-refractivity contribution in [1.29, 1.82) is 0 Å². The maximum atomic E-state index is 14.0. The minimum Gasteiger partial charge on any atom is -0.321 e. The van der Waals surface area contributed by atoms with E-state index in [1.54, 1.807) is 18.2 Å². The molecule has 0 radical (unpaired) electrons. The number of benzene rings is 2. The lowest BCUT2D eigenvalue weighted by atomic mass is 9.82. The number of rotatable bonds is 4. The van der Waals surface area contributed by atoms with Crippen molar-refractivity contribution in [2.24, 2.45) is 5.73 Å². The van der Waals surface area contributed by atoms with Crippen LogP contribution in [0.4, 0.5) is 8.78 Å². The molecule has 1 nitrogen and oxygen atoms in total. The van der Waals surface area contributed by atoms with E-state index in [-0.39, 0.29) is 18.1 Å². The van der Waals surface area contributed by atoms with Gasteiger partial charge in [0.05, 0.1) is 0 Å². The molecule has 0 aliphatic heterocycles. The van der Waals surface area contributed by atoms with E-state index >= 15 is 0 Å². The Kier molecular flexibility index (Phi) is 4.41. The van der Waals surface area contributed by atoms with Crippen molar-refractivity contribution < 1.29 is 8.78 Å². The Morgan fingerprint density at radius 3 is 2.45 bits per heavy atom. The first-order valence-electron chi connectivity index (χ1n) is 6.44. The van der Waals surface area contributed by atoms with Gasteiger partial charge in [0.15, 0.2) is 0 Å². The summed E-state index contributed by atoms with van der Waals surface area (Å²) in [6.45, 7) is 1.86. The molecule has 1 unspecified atom stereocenters. The summed E-state index contributed by atoms with van der Waals surface area (Å²) in [6.07, 6.45) is 0.677. The van der Waals surface area contributed by atoms with Gasteiger partial charge in [0.1, 0.15) is 11.6 Å². The molecule has 2 N–H and O–H groups in total. The van der Waals surface area contributed by atoms with Crippen LogP contribution in [0.3, 0.4) is 0 Å². The van der Waals surface area contributed by atoms with Gasteiger partial charge in [-0.1, -0.05) is 36.7 Å². The summed E-state index contributed by atoms with van der Waals surface area (Å²) in [5, 5.41) is 0.438. The van der Waals surface area contributed by atoms with Gasteiger partial charge in [-0.3, -0.25) is 0 Å². The highest BCUT2D eigenvalue weighted by atomic mass is 35.5. The van der Waals surface area contributed by atoms with Crippen molar-refractivity contribution in [2.75, 3.05) is 0 Å². The maximum absolute atomic E-state index is 14.0. The van der Waals surface area contributed by atoms with Crippen LogP contribution in [0.25, 0.3) is 0 Å². The van der Waals surface area contributed by atoms with Gasteiger partial charge in [0.2, 0.25) is 0 Å². The molecular weight excluding hydrogens is 280 g/mol. The van der Waals surface area contributed by atoms with Gasteiger partial charge in [0.25, 0.3) is 0 Å². The Bertz CT molecular complexity index is 615. The van der Waals surface area contributed by atoms with Crippen molar-refractivity contribution in [1.82, 2.24) is 0 Å². The molecule has 0 saturated heterocycles. The lowest BCUT2D eigenvalue weighted by Gasteiger charge is -2.29. The zero-order chi connectivity index (χ0) is 14.8. The first kappa shape index (κ1) is 14.9. The second kappa shape index (κ2) is 5.90. The Hall–Kier alpha value is -1.45. The van der Waals surface area contributed by atoms with Gasteiger partial charge >= 0.3 is 0 Å². The van der Waals surface area contributed by atoms with E-state index in [0.717, 1.165) is 0 Å². The second-order valence-corrected chi connectivity index (χ2v) is 5.34. The van der Waals surface area contributed by atoms with Gasteiger partial charge in [-0.05, 0) is 42.7 Å². The van der Waals surface area contributed by atoms with Gasteiger partial charge in [0, 0.05) is 16.1 Å². The third kappa shape index (κ3) is 3.00. The smallest absolute Gasteiger partial charge is 0.128 e. The van der Waals surface area contributed by atoms with E-state index in [1.165, 1.54) is 24.3 Å². The van der Waals surface area contributed by atoms with Crippen molar-refractivity contribution >= 4 is 11.6 Å². The van der Waals surface area contributed by atoms with Crippen molar-refractivity contribution in [2.45, 2.75) is 25.3 Å². The highest BCUT2D eigenvalue weighted by Crippen LogP contribution is 2.30. The molecule has 0 saturated carbocycles. The second-order valence-electron chi connectivity index (χ2n) is 4.90. The molecule has 0 aromatic heterocycles. The molecule has 0 spiro atoms. The summed E-state index contributed by atoms with van der Waals surface area (Å²) in [5.41, 5.74) is 6.14. The van der Waals surface area contributed by atoms with Crippen molar-refractivity contribution in [3.63, 3.8) is 0 Å². The Balaban J connectivity index is 2.42. The Morgan fingerprint density at radius 1 is 1.10 bits per heavy atom. The maximum Gasteiger partial charge on any atom is 0.128 e. The fourth-order valence-corrected chi connectivity index (χ4v) is 2.49. The molecule has 2 rings (SSSR count). The molecule has 2 aromatic rings. The molecule has 0 bridgehead atoms. The molecule has 0 fully saturated rings. The zero-order valence-electron chi connectivity index (χ0n) is 11.2. The monoisotopic (exact) mass is 295 g/mol. The van der Waals surface area contributed by atoms with E-state index < -0.39 is 5.54 Å². The molecule has 0 amide bonds. The molecule has 0 aliphatic rings. The predicted molar refractivity (Wildman–Crippen MR) is 77.7 cm³/mol. The molecule has 2 aromatic carbocycles. The molecule has 0 heterocycles. The Morgan fingerprint density at radius 2 is 1.80 bits per heavy atom. The van der Waals surface area contributed by atoms with E-state index in [1.807, 2.05) is 6.92 Å². The molecule has 106 valence electrons. The largest absolute Gasteiger partial charge is 0.321 e. The summed E-state index contributed by atoms with van der Waals surface area (Å²) in [7, 11) is 0. The SMILES string of the molecule is CCC(N)(Cc1cc(Cl)ccc1F)c1ccccc1F. The predicted octanol–water partition coefficient (Wildman–Crippen LogP) is 4.42. The average Bonchev–Trinajstić information content (AvgIpc) is 2.43. The molecule has 4 heteroatoms. The molecule has 0 aliphatic carbocycles. The normalized spacial score (nSPS) is 14.1. The summed E-state index contributed by atoms with van der Waals surface area (Å²) in [5.74, 6) is -0.756. The van der Waals surface area contributed by atoms with Gasteiger partial charge < -0.3 is 5.73 Å². The van der Waals surface area contributed by atoms with E-state index in [4.69, 9.17) is 17.3 Å². The highest BCUT2D eigenvalue weighted by Gasteiger charge is 2.29. The van der Waals surface area contributed by atoms with E-state index in [0.29, 0.717) is 22.6 Å². The van der Waals surface area contributed by atoms with Gasteiger partial charge in [-0.15, -0.1) is 0 Å². The molecule has 1 atom stereocenters. The first-order chi connectivity index (χ1) is 9.46. The third-order valence-electron chi connectivity index (χ3n) is 3.55. The summed E-state index contributed by atoms with van der Waals surface area (Å²) >= 11 is 5.88. The van der Waals surface area contributed by atoms with Crippen LogP contribution < -0.4 is 5.73 Å². The number of hydrogen-bond donors (Lipinski definition) is 1. The summed E-state index contributed by atoms with van der Waals surface area (Å²) in [6, 6.07) is 10.7. The Labute approximate surface area is 122 Å². The number of nitrogens with two attached hydrogens (primary N) is 1. The third-order valence-corrected chi connectivity index (χ3v) is 3.79. The van der Waals surface area contributed by atoms with Crippen LogP contribution in [-0.4, -0.2) is 0 Å².